The van der Waals surface area contributed by atoms with Crippen LogP contribution >= 0.6 is 0 Å². The largest absolute Gasteiger partial charge is 0.342 e. The van der Waals surface area contributed by atoms with Gasteiger partial charge in [0, 0.05) is 5.69 Å². The molecule has 5 heteroatoms. The number of likely N-dealkylation sites (tertiary alicyclic amines) is 1. The van der Waals surface area contributed by atoms with Crippen molar-refractivity contribution in [3.05, 3.63) is 29.3 Å². The summed E-state index contributed by atoms with van der Waals surface area (Å²) in [6.07, 6.45) is 4.88. The Bertz CT molecular complexity index is 558. The van der Waals surface area contributed by atoms with Crippen molar-refractivity contribution >= 4 is 17.5 Å². The molecule has 1 heterocycles. The summed E-state index contributed by atoms with van der Waals surface area (Å²) < 4.78 is 0. The molecule has 0 saturated carbocycles. The zero-order valence-electron chi connectivity index (χ0n) is 15.1. The van der Waals surface area contributed by atoms with E-state index in [2.05, 4.69) is 10.6 Å². The number of carbonyl (C=O) groups excluding carboxylic acids is 2. The fourth-order valence-electron chi connectivity index (χ4n) is 3.32. The molecule has 0 spiro atoms. The molecule has 0 bridgehead atoms. The van der Waals surface area contributed by atoms with Crippen molar-refractivity contribution in [1.82, 2.24) is 5.32 Å². The van der Waals surface area contributed by atoms with Gasteiger partial charge in [0.05, 0.1) is 19.6 Å². The maximum Gasteiger partial charge on any atom is 0.278 e. The molecule has 24 heavy (non-hydrogen) atoms. The number of nitrogens with one attached hydrogen (secondary N) is 3. The zero-order valence-corrected chi connectivity index (χ0v) is 15.1. The van der Waals surface area contributed by atoms with Gasteiger partial charge in [-0.05, 0) is 57.6 Å². The van der Waals surface area contributed by atoms with Gasteiger partial charge in [0.2, 0.25) is 5.91 Å². The summed E-state index contributed by atoms with van der Waals surface area (Å²) in [4.78, 5) is 25.8. The van der Waals surface area contributed by atoms with Crippen LogP contribution in [0.3, 0.4) is 0 Å². The van der Waals surface area contributed by atoms with Crippen molar-refractivity contribution in [2.75, 3.05) is 25.0 Å². The lowest BCUT2D eigenvalue weighted by atomic mass is 10.1. The third kappa shape index (κ3) is 5.06. The van der Waals surface area contributed by atoms with Crippen LogP contribution in [0.5, 0.6) is 0 Å². The van der Waals surface area contributed by atoms with Gasteiger partial charge in [0.15, 0.2) is 6.04 Å². The highest BCUT2D eigenvalue weighted by molar-refractivity contribution is 5.96. The van der Waals surface area contributed by atoms with Gasteiger partial charge in [-0.25, -0.2) is 0 Å². The summed E-state index contributed by atoms with van der Waals surface area (Å²) >= 11 is 0. The van der Waals surface area contributed by atoms with Crippen LogP contribution in [0.4, 0.5) is 5.69 Å². The number of carbonyl (C=O) groups is 2. The van der Waals surface area contributed by atoms with Gasteiger partial charge in [-0.2, -0.15) is 0 Å². The van der Waals surface area contributed by atoms with Crippen LogP contribution in [0, 0.1) is 13.8 Å². The summed E-state index contributed by atoms with van der Waals surface area (Å²) in [5, 5.41) is 5.69. The SMILES string of the molecule is Cc1cccc(C)c1NC(=O)CNC(=O)[C@H](C)[NH+]1CCCCCC1. The van der Waals surface area contributed by atoms with Gasteiger partial charge in [0.25, 0.3) is 5.91 Å². The van der Waals surface area contributed by atoms with Crippen LogP contribution in [0.25, 0.3) is 0 Å². The fraction of sp³-hybridized carbons (Fsp3) is 0.579. The van der Waals surface area contributed by atoms with Crippen molar-refractivity contribution in [1.29, 1.82) is 0 Å². The first-order chi connectivity index (χ1) is 11.5. The highest BCUT2D eigenvalue weighted by atomic mass is 16.2. The summed E-state index contributed by atoms with van der Waals surface area (Å²) in [6, 6.07) is 5.79. The minimum Gasteiger partial charge on any atom is -0.342 e. The molecule has 132 valence electrons. The number of quaternary nitrogens is 1. The lowest BCUT2D eigenvalue weighted by Gasteiger charge is -2.23. The van der Waals surface area contributed by atoms with E-state index >= 15 is 0 Å². The van der Waals surface area contributed by atoms with Crippen LogP contribution in [0.15, 0.2) is 18.2 Å². The number of hydrogen-bond acceptors (Lipinski definition) is 2. The molecule has 5 nitrogen and oxygen atoms in total. The Labute approximate surface area is 144 Å². The smallest absolute Gasteiger partial charge is 0.278 e. The van der Waals surface area contributed by atoms with E-state index in [0.717, 1.165) is 29.9 Å². The second-order valence-electron chi connectivity index (χ2n) is 6.83. The Hall–Kier alpha value is -1.88. The molecule has 1 aromatic rings. The van der Waals surface area contributed by atoms with E-state index in [-0.39, 0.29) is 24.4 Å². The fourth-order valence-corrected chi connectivity index (χ4v) is 3.32. The summed E-state index contributed by atoms with van der Waals surface area (Å²) in [5.41, 5.74) is 2.89. The van der Waals surface area contributed by atoms with E-state index in [1.807, 2.05) is 39.0 Å². The van der Waals surface area contributed by atoms with Crippen molar-refractivity contribution < 1.29 is 14.5 Å². The normalized spacial score (nSPS) is 17.0. The lowest BCUT2D eigenvalue weighted by Crippen LogP contribution is -3.16. The van der Waals surface area contributed by atoms with Crippen LogP contribution in [-0.4, -0.2) is 37.5 Å². The van der Waals surface area contributed by atoms with E-state index in [1.165, 1.54) is 30.6 Å². The highest BCUT2D eigenvalue weighted by Crippen LogP contribution is 2.18. The summed E-state index contributed by atoms with van der Waals surface area (Å²) in [6.45, 7) is 7.99. The van der Waals surface area contributed by atoms with Gasteiger partial charge >= 0.3 is 0 Å². The Kier molecular flexibility index (Phi) is 6.79. The predicted molar refractivity (Wildman–Crippen MR) is 96.2 cm³/mol. The number of para-hydroxylation sites is 1. The average molecular weight is 332 g/mol. The molecule has 1 saturated heterocycles. The standard InChI is InChI=1S/C19H29N3O2/c1-14-9-8-10-15(2)18(14)21-17(23)13-20-19(24)16(3)22-11-6-4-5-7-12-22/h8-10,16H,4-7,11-13H2,1-3H3,(H,20,24)(H,21,23)/p+1/t16-/m0/s1. The lowest BCUT2D eigenvalue weighted by molar-refractivity contribution is -0.913. The minimum absolute atomic E-state index is 0.0181. The van der Waals surface area contributed by atoms with E-state index in [9.17, 15) is 9.59 Å². The molecule has 1 aliphatic rings. The number of amides is 2. The molecule has 1 aliphatic heterocycles. The number of benzene rings is 1. The van der Waals surface area contributed by atoms with E-state index in [1.54, 1.807) is 0 Å². The molecular weight excluding hydrogens is 302 g/mol. The Morgan fingerprint density at radius 2 is 1.67 bits per heavy atom. The van der Waals surface area contributed by atoms with Crippen LogP contribution in [0.2, 0.25) is 0 Å². The first kappa shape index (κ1) is 18.5. The third-order valence-corrected chi connectivity index (χ3v) is 4.92. The maximum absolute atomic E-state index is 12.3. The van der Waals surface area contributed by atoms with Gasteiger partial charge in [-0.3, -0.25) is 9.59 Å². The molecule has 0 unspecified atom stereocenters. The number of rotatable bonds is 5. The van der Waals surface area contributed by atoms with E-state index in [4.69, 9.17) is 0 Å². The highest BCUT2D eigenvalue weighted by Gasteiger charge is 2.25. The van der Waals surface area contributed by atoms with Gasteiger partial charge in [-0.1, -0.05) is 18.2 Å². The van der Waals surface area contributed by atoms with Crippen LogP contribution < -0.4 is 15.5 Å². The molecule has 1 fully saturated rings. The molecule has 0 aromatic heterocycles. The predicted octanol–water partition coefficient (Wildman–Crippen LogP) is 1.21. The van der Waals surface area contributed by atoms with Gasteiger partial charge in [-0.15, -0.1) is 0 Å². The van der Waals surface area contributed by atoms with Crippen molar-refractivity contribution in [3.8, 4) is 0 Å². The minimum atomic E-state index is -0.182. The third-order valence-electron chi connectivity index (χ3n) is 4.92. The maximum atomic E-state index is 12.3. The van der Waals surface area contributed by atoms with Crippen LogP contribution in [-0.2, 0) is 9.59 Å². The second-order valence-corrected chi connectivity index (χ2v) is 6.83. The molecule has 3 N–H and O–H groups in total. The van der Waals surface area contributed by atoms with Crippen molar-refractivity contribution in [2.24, 2.45) is 0 Å². The molecule has 0 aliphatic carbocycles. The van der Waals surface area contributed by atoms with Crippen molar-refractivity contribution in [2.45, 2.75) is 52.5 Å². The van der Waals surface area contributed by atoms with Crippen LogP contribution in [0.1, 0.15) is 43.7 Å². The number of hydrogen-bond donors (Lipinski definition) is 3. The first-order valence-corrected chi connectivity index (χ1v) is 8.97. The topological polar surface area (TPSA) is 62.6 Å². The quantitative estimate of drug-likeness (QED) is 0.759. The number of anilines is 1. The monoisotopic (exact) mass is 332 g/mol. The molecule has 2 rings (SSSR count). The number of aryl methyl sites for hydroxylation is 2. The summed E-state index contributed by atoms with van der Waals surface area (Å²) in [5.74, 6) is -0.220. The Morgan fingerprint density at radius 1 is 1.08 bits per heavy atom. The van der Waals surface area contributed by atoms with Gasteiger partial charge in [0.1, 0.15) is 0 Å². The molecule has 1 aromatic carbocycles. The molecule has 1 atom stereocenters. The van der Waals surface area contributed by atoms with E-state index < -0.39 is 0 Å². The molecule has 2 amide bonds. The van der Waals surface area contributed by atoms with Gasteiger partial charge < -0.3 is 15.5 Å². The average Bonchev–Trinajstić information content (AvgIpc) is 2.84. The molecule has 0 radical (unpaired) electrons. The molecular formula is C19H30N3O2+. The first-order valence-electron chi connectivity index (χ1n) is 8.97. The zero-order chi connectivity index (χ0) is 17.5. The van der Waals surface area contributed by atoms with E-state index in [0.29, 0.717) is 0 Å². The second kappa shape index (κ2) is 8.83. The Morgan fingerprint density at radius 3 is 2.25 bits per heavy atom. The van der Waals surface area contributed by atoms with Crippen molar-refractivity contribution in [3.63, 3.8) is 0 Å². The Balaban J connectivity index is 1.83. The summed E-state index contributed by atoms with van der Waals surface area (Å²) in [7, 11) is 0.